The van der Waals surface area contributed by atoms with Gasteiger partial charge in [-0.25, -0.2) is 0 Å². The highest BCUT2D eigenvalue weighted by Crippen LogP contribution is 2.21. The maximum absolute atomic E-state index is 12.0. The number of rotatable bonds is 6. The highest BCUT2D eigenvalue weighted by atomic mass is 35.5. The summed E-state index contributed by atoms with van der Waals surface area (Å²) in [5.74, 6) is 0.513. The molecule has 1 amide bonds. The normalized spacial score (nSPS) is 20.1. The monoisotopic (exact) mass is 353 g/mol. The minimum atomic E-state index is 0. The lowest BCUT2D eigenvalue weighted by Crippen LogP contribution is -2.39. The standard InChI is InChI=1S/C16H31N3O.2ClH/c1-19(15-6-3-2-4-7-15)13-5-10-18-16(20)14-8-11-17-12-9-14;;/h14-15,17H,2-13H2,1H3,(H,18,20);2*1H. The third-order valence-electron chi connectivity index (χ3n) is 4.89. The van der Waals surface area contributed by atoms with Gasteiger partial charge in [0.1, 0.15) is 0 Å². The summed E-state index contributed by atoms with van der Waals surface area (Å²) in [6, 6.07) is 0.781. The number of nitrogens with zero attached hydrogens (tertiary/aromatic N) is 1. The van der Waals surface area contributed by atoms with Crippen LogP contribution in [-0.2, 0) is 4.79 Å². The highest BCUT2D eigenvalue weighted by Gasteiger charge is 2.20. The molecule has 0 atom stereocenters. The summed E-state index contributed by atoms with van der Waals surface area (Å²) in [5, 5.41) is 6.42. The van der Waals surface area contributed by atoms with Crippen molar-refractivity contribution in [2.75, 3.05) is 33.2 Å². The van der Waals surface area contributed by atoms with Crippen molar-refractivity contribution in [3.63, 3.8) is 0 Å². The fourth-order valence-corrected chi connectivity index (χ4v) is 3.47. The third-order valence-corrected chi connectivity index (χ3v) is 4.89. The van der Waals surface area contributed by atoms with Crippen LogP contribution in [0.25, 0.3) is 0 Å². The molecule has 22 heavy (non-hydrogen) atoms. The van der Waals surface area contributed by atoms with Crippen LogP contribution in [-0.4, -0.2) is 50.1 Å². The predicted octanol–water partition coefficient (Wildman–Crippen LogP) is 2.60. The Morgan fingerprint density at radius 3 is 2.36 bits per heavy atom. The zero-order valence-corrected chi connectivity index (χ0v) is 15.4. The fourth-order valence-electron chi connectivity index (χ4n) is 3.47. The van der Waals surface area contributed by atoms with E-state index in [1.54, 1.807) is 0 Å². The Kier molecular flexibility index (Phi) is 12.4. The third kappa shape index (κ3) is 7.49. The number of carbonyl (C=O) groups excluding carboxylic acids is 1. The number of piperidine rings is 1. The van der Waals surface area contributed by atoms with Crippen LogP contribution in [0.1, 0.15) is 51.4 Å². The van der Waals surface area contributed by atoms with Crippen LogP contribution in [0.5, 0.6) is 0 Å². The molecule has 0 bridgehead atoms. The van der Waals surface area contributed by atoms with Crippen LogP contribution >= 0.6 is 24.8 Å². The van der Waals surface area contributed by atoms with Gasteiger partial charge in [0, 0.05) is 18.5 Å². The van der Waals surface area contributed by atoms with Crippen LogP contribution in [0, 0.1) is 5.92 Å². The van der Waals surface area contributed by atoms with Crippen LogP contribution in [0.3, 0.4) is 0 Å². The van der Waals surface area contributed by atoms with Gasteiger partial charge in [0.2, 0.25) is 5.91 Å². The van der Waals surface area contributed by atoms with Gasteiger partial charge in [-0.2, -0.15) is 0 Å². The van der Waals surface area contributed by atoms with Crippen LogP contribution in [0.15, 0.2) is 0 Å². The Hall–Kier alpha value is -0.0300. The summed E-state index contributed by atoms with van der Waals surface area (Å²) in [6.07, 6.45) is 9.97. The second-order valence-electron chi connectivity index (χ2n) is 6.44. The van der Waals surface area contributed by atoms with E-state index >= 15 is 0 Å². The lowest BCUT2D eigenvalue weighted by atomic mass is 9.94. The molecule has 1 aliphatic heterocycles. The summed E-state index contributed by atoms with van der Waals surface area (Å²) in [7, 11) is 2.24. The zero-order chi connectivity index (χ0) is 14.2. The lowest BCUT2D eigenvalue weighted by Gasteiger charge is -2.31. The van der Waals surface area contributed by atoms with Crippen molar-refractivity contribution >= 4 is 30.7 Å². The molecule has 1 saturated heterocycles. The lowest BCUT2D eigenvalue weighted by molar-refractivity contribution is -0.125. The Balaban J connectivity index is 0.00000220. The van der Waals surface area contributed by atoms with Gasteiger partial charge in [-0.15, -0.1) is 24.8 Å². The summed E-state index contributed by atoms with van der Waals surface area (Å²) in [6.45, 7) is 3.92. The van der Waals surface area contributed by atoms with Gasteiger partial charge in [0.25, 0.3) is 0 Å². The first-order valence-electron chi connectivity index (χ1n) is 8.46. The first kappa shape index (κ1) is 22.0. The van der Waals surface area contributed by atoms with Crippen molar-refractivity contribution < 1.29 is 4.79 Å². The van der Waals surface area contributed by atoms with Crippen molar-refractivity contribution in [1.29, 1.82) is 0 Å². The van der Waals surface area contributed by atoms with Gasteiger partial charge >= 0.3 is 0 Å². The van der Waals surface area contributed by atoms with Crippen LogP contribution in [0.4, 0.5) is 0 Å². The fraction of sp³-hybridized carbons (Fsp3) is 0.938. The summed E-state index contributed by atoms with van der Waals surface area (Å²) < 4.78 is 0. The van der Waals surface area contributed by atoms with E-state index < -0.39 is 0 Å². The molecule has 0 radical (unpaired) electrons. The smallest absolute Gasteiger partial charge is 0.223 e. The number of nitrogens with one attached hydrogen (secondary N) is 2. The first-order valence-corrected chi connectivity index (χ1v) is 8.46. The number of halogens is 2. The maximum Gasteiger partial charge on any atom is 0.223 e. The molecule has 2 fully saturated rings. The SMILES string of the molecule is CN(CCCNC(=O)C1CCNCC1)C1CCCCC1.Cl.Cl. The highest BCUT2D eigenvalue weighted by molar-refractivity contribution is 5.85. The molecule has 2 N–H and O–H groups in total. The predicted molar refractivity (Wildman–Crippen MR) is 97.2 cm³/mol. The first-order chi connectivity index (χ1) is 9.77. The van der Waals surface area contributed by atoms with E-state index in [9.17, 15) is 4.79 Å². The Labute approximate surface area is 148 Å². The van der Waals surface area contributed by atoms with Crippen molar-refractivity contribution in [3.8, 4) is 0 Å². The molecular formula is C16H33Cl2N3O. The molecule has 0 aromatic rings. The summed E-state index contributed by atoms with van der Waals surface area (Å²) in [5.41, 5.74) is 0. The van der Waals surface area contributed by atoms with E-state index in [0.717, 1.165) is 51.5 Å². The number of hydrogen-bond acceptors (Lipinski definition) is 3. The molecule has 1 aliphatic carbocycles. The van der Waals surface area contributed by atoms with Gasteiger partial charge < -0.3 is 15.5 Å². The topological polar surface area (TPSA) is 44.4 Å². The molecular weight excluding hydrogens is 321 g/mol. The average molecular weight is 354 g/mol. The molecule has 2 aliphatic rings. The van der Waals surface area contributed by atoms with Gasteiger partial charge in [0.15, 0.2) is 0 Å². The quantitative estimate of drug-likeness (QED) is 0.721. The summed E-state index contributed by atoms with van der Waals surface area (Å²) >= 11 is 0. The van der Waals surface area contributed by atoms with E-state index in [-0.39, 0.29) is 36.6 Å². The number of hydrogen-bond donors (Lipinski definition) is 2. The van der Waals surface area contributed by atoms with E-state index in [0.29, 0.717) is 0 Å². The summed E-state index contributed by atoms with van der Waals surface area (Å²) in [4.78, 5) is 14.5. The molecule has 0 unspecified atom stereocenters. The van der Waals surface area contributed by atoms with E-state index in [1.165, 1.54) is 32.1 Å². The van der Waals surface area contributed by atoms with Gasteiger partial charge in [-0.1, -0.05) is 19.3 Å². The molecule has 1 heterocycles. The van der Waals surface area contributed by atoms with Crippen LogP contribution in [0.2, 0.25) is 0 Å². The molecule has 6 heteroatoms. The van der Waals surface area contributed by atoms with Crippen LogP contribution < -0.4 is 10.6 Å². The molecule has 2 rings (SSSR count). The van der Waals surface area contributed by atoms with E-state index in [1.807, 2.05) is 0 Å². The van der Waals surface area contributed by atoms with Crippen molar-refractivity contribution in [1.82, 2.24) is 15.5 Å². The number of amides is 1. The van der Waals surface area contributed by atoms with Crippen molar-refractivity contribution in [2.24, 2.45) is 5.92 Å². The van der Waals surface area contributed by atoms with Crippen molar-refractivity contribution in [2.45, 2.75) is 57.4 Å². The Morgan fingerprint density at radius 1 is 1.09 bits per heavy atom. The van der Waals surface area contributed by atoms with E-state index in [4.69, 9.17) is 0 Å². The largest absolute Gasteiger partial charge is 0.356 e. The minimum Gasteiger partial charge on any atom is -0.356 e. The second kappa shape index (κ2) is 12.4. The molecule has 0 spiro atoms. The average Bonchev–Trinajstić information content (AvgIpc) is 2.53. The van der Waals surface area contributed by atoms with Gasteiger partial charge in [-0.3, -0.25) is 4.79 Å². The zero-order valence-electron chi connectivity index (χ0n) is 13.8. The molecule has 1 saturated carbocycles. The van der Waals surface area contributed by atoms with Crippen molar-refractivity contribution in [3.05, 3.63) is 0 Å². The van der Waals surface area contributed by atoms with Gasteiger partial charge in [-0.05, 0) is 58.8 Å². The Bertz CT molecular complexity index is 293. The second-order valence-corrected chi connectivity index (χ2v) is 6.44. The minimum absolute atomic E-state index is 0. The molecule has 132 valence electrons. The molecule has 0 aromatic carbocycles. The Morgan fingerprint density at radius 2 is 1.73 bits per heavy atom. The molecule has 0 aromatic heterocycles. The van der Waals surface area contributed by atoms with Gasteiger partial charge in [0.05, 0.1) is 0 Å². The molecule has 4 nitrogen and oxygen atoms in total. The van der Waals surface area contributed by atoms with E-state index in [2.05, 4.69) is 22.6 Å². The maximum atomic E-state index is 12.0. The number of carbonyl (C=O) groups is 1.